The summed E-state index contributed by atoms with van der Waals surface area (Å²) in [7, 11) is 0. The van der Waals surface area contributed by atoms with Crippen LogP contribution in [0, 0.1) is 39.9 Å². The fraction of sp³-hybridized carbons (Fsp3) is 0.960. The molecule has 0 aromatic rings. The third-order valence-corrected chi connectivity index (χ3v) is 8.37. The van der Waals surface area contributed by atoms with Crippen LogP contribution in [0.2, 0.25) is 0 Å². The lowest BCUT2D eigenvalue weighted by Crippen LogP contribution is -2.52. The standard InChI is InChI=1S/C25H42O4/c1-16(2)24(6,15-23(3,4)5)21(26)27-13-20-14-28-22(29-20)25-10-17-7-18(11-25)9-19(8-17)12-25/h16-20,22H,7-15H2,1-6H3. The van der Waals surface area contributed by atoms with Crippen LogP contribution < -0.4 is 0 Å². The first-order valence-electron chi connectivity index (χ1n) is 11.9. The van der Waals surface area contributed by atoms with E-state index in [2.05, 4.69) is 41.5 Å². The maximum atomic E-state index is 13.0. The lowest BCUT2D eigenvalue weighted by Gasteiger charge is -2.58. The lowest BCUT2D eigenvalue weighted by atomic mass is 9.49. The van der Waals surface area contributed by atoms with Crippen molar-refractivity contribution in [3.63, 3.8) is 0 Å². The molecule has 1 heterocycles. The van der Waals surface area contributed by atoms with Crippen molar-refractivity contribution < 1.29 is 19.0 Å². The maximum absolute atomic E-state index is 13.0. The Kier molecular flexibility index (Phi) is 5.60. The summed E-state index contributed by atoms with van der Waals surface area (Å²) in [4.78, 5) is 13.0. The van der Waals surface area contributed by atoms with Crippen LogP contribution in [-0.2, 0) is 19.0 Å². The van der Waals surface area contributed by atoms with Crippen molar-refractivity contribution in [1.82, 2.24) is 0 Å². The average molecular weight is 407 g/mol. The summed E-state index contributed by atoms with van der Waals surface area (Å²) in [6, 6.07) is 0. The van der Waals surface area contributed by atoms with E-state index in [0.29, 0.717) is 13.2 Å². The molecule has 0 amide bonds. The van der Waals surface area contributed by atoms with Crippen LogP contribution in [0.15, 0.2) is 0 Å². The summed E-state index contributed by atoms with van der Waals surface area (Å²) >= 11 is 0. The van der Waals surface area contributed by atoms with Crippen molar-refractivity contribution in [3.8, 4) is 0 Å². The first-order chi connectivity index (χ1) is 13.5. The molecule has 5 fully saturated rings. The van der Waals surface area contributed by atoms with Gasteiger partial charge in [0.2, 0.25) is 0 Å². The molecule has 4 bridgehead atoms. The number of hydrogen-bond donors (Lipinski definition) is 0. The first-order valence-corrected chi connectivity index (χ1v) is 11.9. The van der Waals surface area contributed by atoms with Crippen molar-refractivity contribution in [2.75, 3.05) is 13.2 Å². The van der Waals surface area contributed by atoms with E-state index in [1.807, 2.05) is 0 Å². The zero-order valence-electron chi connectivity index (χ0n) is 19.5. The molecule has 5 aliphatic rings. The van der Waals surface area contributed by atoms with E-state index in [1.54, 1.807) is 0 Å². The molecule has 0 N–H and O–H groups in total. The van der Waals surface area contributed by atoms with Gasteiger partial charge >= 0.3 is 5.97 Å². The number of rotatable bonds is 6. The van der Waals surface area contributed by atoms with E-state index in [4.69, 9.17) is 14.2 Å². The third-order valence-electron chi connectivity index (χ3n) is 8.37. The fourth-order valence-electron chi connectivity index (χ4n) is 7.27. The molecule has 5 rings (SSSR count). The van der Waals surface area contributed by atoms with Crippen molar-refractivity contribution in [1.29, 1.82) is 0 Å². The number of carbonyl (C=O) groups is 1. The Labute approximate surface area is 177 Å². The molecule has 4 aliphatic carbocycles. The van der Waals surface area contributed by atoms with Gasteiger partial charge in [-0.3, -0.25) is 4.79 Å². The molecule has 0 aromatic carbocycles. The molecule has 4 heteroatoms. The predicted octanol–water partition coefficient (Wildman–Crippen LogP) is 5.59. The highest BCUT2D eigenvalue weighted by Gasteiger charge is 2.57. The van der Waals surface area contributed by atoms with Gasteiger partial charge in [0.25, 0.3) is 0 Å². The number of ether oxygens (including phenoxy) is 3. The molecule has 29 heavy (non-hydrogen) atoms. The highest BCUT2D eigenvalue weighted by atomic mass is 16.7. The van der Waals surface area contributed by atoms with Gasteiger partial charge in [-0.2, -0.15) is 0 Å². The van der Waals surface area contributed by atoms with Gasteiger partial charge in [-0.05, 0) is 81.0 Å². The van der Waals surface area contributed by atoms with Crippen LogP contribution in [0.4, 0.5) is 0 Å². The highest BCUT2D eigenvalue weighted by molar-refractivity contribution is 5.76. The Balaban J connectivity index is 1.33. The SMILES string of the molecule is CC(C)C(C)(CC(C)(C)C)C(=O)OCC1COC(C23CC4CC(CC(C4)C2)C3)O1. The second-order valence-electron chi connectivity index (χ2n) is 12.6. The summed E-state index contributed by atoms with van der Waals surface area (Å²) in [5, 5.41) is 0. The Morgan fingerprint density at radius 1 is 1.03 bits per heavy atom. The van der Waals surface area contributed by atoms with Gasteiger partial charge in [0.15, 0.2) is 6.29 Å². The van der Waals surface area contributed by atoms with E-state index < -0.39 is 5.41 Å². The number of hydrogen-bond acceptors (Lipinski definition) is 4. The molecular formula is C25H42O4. The summed E-state index contributed by atoms with van der Waals surface area (Å²) in [5.74, 6) is 2.79. The fourth-order valence-corrected chi connectivity index (χ4v) is 7.27. The van der Waals surface area contributed by atoms with E-state index in [-0.39, 0.29) is 35.1 Å². The van der Waals surface area contributed by atoms with Crippen LogP contribution in [-0.4, -0.2) is 31.6 Å². The molecule has 0 radical (unpaired) electrons. The predicted molar refractivity (Wildman–Crippen MR) is 113 cm³/mol. The summed E-state index contributed by atoms with van der Waals surface area (Å²) in [6.45, 7) is 13.7. The summed E-state index contributed by atoms with van der Waals surface area (Å²) < 4.78 is 18.4. The van der Waals surface area contributed by atoms with Crippen molar-refractivity contribution in [2.24, 2.45) is 39.9 Å². The van der Waals surface area contributed by atoms with Crippen LogP contribution >= 0.6 is 0 Å². The molecule has 3 unspecified atom stereocenters. The third kappa shape index (κ3) is 4.26. The Hall–Kier alpha value is -0.610. The van der Waals surface area contributed by atoms with Gasteiger partial charge in [-0.1, -0.05) is 34.6 Å². The normalized spacial score (nSPS) is 41.0. The quantitative estimate of drug-likeness (QED) is 0.540. The van der Waals surface area contributed by atoms with Crippen LogP contribution in [0.5, 0.6) is 0 Å². The second-order valence-corrected chi connectivity index (χ2v) is 12.6. The topological polar surface area (TPSA) is 44.8 Å². The van der Waals surface area contributed by atoms with E-state index in [0.717, 1.165) is 24.2 Å². The minimum absolute atomic E-state index is 0.0780. The van der Waals surface area contributed by atoms with Gasteiger partial charge in [-0.15, -0.1) is 0 Å². The van der Waals surface area contributed by atoms with Crippen LogP contribution in [0.3, 0.4) is 0 Å². The summed E-state index contributed by atoms with van der Waals surface area (Å²) in [5.41, 5.74) is -0.169. The Bertz CT molecular complexity index is 584. The first kappa shape index (κ1) is 21.6. The van der Waals surface area contributed by atoms with Gasteiger partial charge < -0.3 is 14.2 Å². The minimum atomic E-state index is -0.475. The average Bonchev–Trinajstić information content (AvgIpc) is 3.06. The minimum Gasteiger partial charge on any atom is -0.462 e. The molecule has 4 nitrogen and oxygen atoms in total. The van der Waals surface area contributed by atoms with Gasteiger partial charge in [0, 0.05) is 5.41 Å². The van der Waals surface area contributed by atoms with Crippen molar-refractivity contribution in [2.45, 2.75) is 98.9 Å². The molecule has 0 spiro atoms. The number of carbonyl (C=O) groups excluding carboxylic acids is 1. The van der Waals surface area contributed by atoms with Gasteiger partial charge in [0.05, 0.1) is 12.0 Å². The Morgan fingerprint density at radius 3 is 2.07 bits per heavy atom. The Morgan fingerprint density at radius 2 is 1.59 bits per heavy atom. The van der Waals surface area contributed by atoms with Crippen molar-refractivity contribution in [3.05, 3.63) is 0 Å². The smallest absolute Gasteiger partial charge is 0.312 e. The van der Waals surface area contributed by atoms with Gasteiger partial charge in [0.1, 0.15) is 12.7 Å². The monoisotopic (exact) mass is 406 g/mol. The molecule has 0 aromatic heterocycles. The van der Waals surface area contributed by atoms with E-state index in [1.165, 1.54) is 38.5 Å². The zero-order chi connectivity index (χ0) is 21.0. The summed E-state index contributed by atoms with van der Waals surface area (Å²) in [6.07, 6.45) is 8.69. The van der Waals surface area contributed by atoms with Crippen molar-refractivity contribution >= 4 is 5.97 Å². The van der Waals surface area contributed by atoms with E-state index >= 15 is 0 Å². The molecule has 4 saturated carbocycles. The maximum Gasteiger partial charge on any atom is 0.312 e. The van der Waals surface area contributed by atoms with Crippen LogP contribution in [0.25, 0.3) is 0 Å². The molecular weight excluding hydrogens is 364 g/mol. The lowest BCUT2D eigenvalue weighted by molar-refractivity contribution is -0.209. The number of esters is 1. The molecule has 3 atom stereocenters. The zero-order valence-corrected chi connectivity index (χ0v) is 19.5. The largest absolute Gasteiger partial charge is 0.462 e. The van der Waals surface area contributed by atoms with Crippen LogP contribution in [0.1, 0.15) is 86.5 Å². The molecule has 166 valence electrons. The highest BCUT2D eigenvalue weighted by Crippen LogP contribution is 2.62. The second kappa shape index (κ2) is 7.51. The van der Waals surface area contributed by atoms with E-state index in [9.17, 15) is 4.79 Å². The molecule has 1 saturated heterocycles. The molecule has 1 aliphatic heterocycles. The van der Waals surface area contributed by atoms with Gasteiger partial charge in [-0.25, -0.2) is 0 Å².